The number of hydrogen-bond donors (Lipinski definition) is 0. The summed E-state index contributed by atoms with van der Waals surface area (Å²) in [5.74, 6) is 1.44. The summed E-state index contributed by atoms with van der Waals surface area (Å²) >= 11 is 0. The number of benzene rings is 3. The molecule has 0 atom stereocenters. The zero-order chi connectivity index (χ0) is 16.4. The molecule has 0 aliphatic heterocycles. The van der Waals surface area contributed by atoms with E-state index in [0.717, 1.165) is 27.6 Å². The van der Waals surface area contributed by atoms with Crippen LogP contribution in [-0.2, 0) is 0 Å². The molecule has 0 fully saturated rings. The molecule has 0 saturated carbocycles. The van der Waals surface area contributed by atoms with E-state index in [9.17, 15) is 0 Å². The first-order chi connectivity index (χ1) is 11.8. The van der Waals surface area contributed by atoms with Crippen LogP contribution in [0, 0.1) is 6.92 Å². The molecule has 4 aromatic rings. The van der Waals surface area contributed by atoms with Crippen molar-refractivity contribution in [1.82, 2.24) is 4.98 Å². The molecular formula is C22H17NO. The highest BCUT2D eigenvalue weighted by atomic mass is 16.5. The first-order valence-corrected chi connectivity index (χ1v) is 7.98. The van der Waals surface area contributed by atoms with E-state index in [1.807, 2.05) is 48.5 Å². The van der Waals surface area contributed by atoms with E-state index in [0.29, 0.717) is 5.88 Å². The summed E-state index contributed by atoms with van der Waals surface area (Å²) in [5.41, 5.74) is 3.48. The van der Waals surface area contributed by atoms with Gasteiger partial charge in [-0.25, -0.2) is 4.98 Å². The minimum Gasteiger partial charge on any atom is -0.438 e. The van der Waals surface area contributed by atoms with Crippen LogP contribution in [0.2, 0.25) is 0 Å². The fourth-order valence-corrected chi connectivity index (χ4v) is 2.89. The van der Waals surface area contributed by atoms with E-state index < -0.39 is 0 Å². The molecule has 1 heterocycles. The molecule has 0 N–H and O–H groups in total. The smallest absolute Gasteiger partial charge is 0.227 e. The van der Waals surface area contributed by atoms with Crippen LogP contribution in [0.1, 0.15) is 5.56 Å². The van der Waals surface area contributed by atoms with E-state index in [4.69, 9.17) is 4.74 Å². The Bertz CT molecular complexity index is 988. The van der Waals surface area contributed by atoms with Gasteiger partial charge in [0, 0.05) is 11.6 Å². The first-order valence-electron chi connectivity index (χ1n) is 7.98. The molecule has 4 rings (SSSR count). The Kier molecular flexibility index (Phi) is 3.72. The van der Waals surface area contributed by atoms with Crippen molar-refractivity contribution < 1.29 is 4.74 Å². The van der Waals surface area contributed by atoms with E-state index in [1.165, 1.54) is 5.56 Å². The number of aryl methyl sites for hydroxylation is 1. The molecule has 0 unspecified atom stereocenters. The Morgan fingerprint density at radius 2 is 1.54 bits per heavy atom. The van der Waals surface area contributed by atoms with E-state index in [1.54, 1.807) is 6.20 Å². The zero-order valence-electron chi connectivity index (χ0n) is 13.4. The maximum Gasteiger partial charge on any atom is 0.227 e. The largest absolute Gasteiger partial charge is 0.438 e. The van der Waals surface area contributed by atoms with Gasteiger partial charge in [0.15, 0.2) is 0 Å². The highest BCUT2D eigenvalue weighted by Gasteiger charge is 2.07. The highest BCUT2D eigenvalue weighted by Crippen LogP contribution is 2.31. The number of ether oxygens (including phenoxy) is 1. The van der Waals surface area contributed by atoms with Gasteiger partial charge in [-0.3, -0.25) is 0 Å². The maximum atomic E-state index is 6.12. The van der Waals surface area contributed by atoms with Crippen LogP contribution in [0.25, 0.3) is 21.9 Å². The Balaban J connectivity index is 1.76. The van der Waals surface area contributed by atoms with Crippen LogP contribution in [0.4, 0.5) is 0 Å². The standard InChI is InChI=1S/C22H17NO/c1-16-13-19(17-7-3-2-4-8-17)15-20(14-16)24-22-21-10-6-5-9-18(21)11-12-23-22/h2-15H,1H3. The quantitative estimate of drug-likeness (QED) is 0.463. The van der Waals surface area contributed by atoms with Gasteiger partial charge < -0.3 is 4.74 Å². The number of nitrogens with zero attached hydrogens (tertiary/aromatic N) is 1. The molecule has 2 heteroatoms. The average molecular weight is 311 g/mol. The Labute approximate surface area is 141 Å². The van der Waals surface area contributed by atoms with Gasteiger partial charge in [-0.1, -0.05) is 54.6 Å². The lowest BCUT2D eigenvalue weighted by Gasteiger charge is -2.11. The van der Waals surface area contributed by atoms with Gasteiger partial charge in [0.1, 0.15) is 5.75 Å². The summed E-state index contributed by atoms with van der Waals surface area (Å²) in [4.78, 5) is 4.41. The van der Waals surface area contributed by atoms with E-state index in [-0.39, 0.29) is 0 Å². The molecule has 0 spiro atoms. The second-order valence-electron chi connectivity index (χ2n) is 5.84. The molecule has 0 aliphatic carbocycles. The molecule has 0 bridgehead atoms. The molecule has 1 aromatic heterocycles. The van der Waals surface area contributed by atoms with E-state index >= 15 is 0 Å². The number of aromatic nitrogens is 1. The summed E-state index contributed by atoms with van der Waals surface area (Å²) in [5, 5.41) is 2.14. The monoisotopic (exact) mass is 311 g/mol. The van der Waals surface area contributed by atoms with Gasteiger partial charge in [0.05, 0.1) is 0 Å². The predicted molar refractivity (Wildman–Crippen MR) is 98.4 cm³/mol. The Morgan fingerprint density at radius 3 is 2.42 bits per heavy atom. The lowest BCUT2D eigenvalue weighted by Crippen LogP contribution is -1.91. The lowest BCUT2D eigenvalue weighted by molar-refractivity contribution is 0.469. The molecule has 24 heavy (non-hydrogen) atoms. The summed E-state index contributed by atoms with van der Waals surface area (Å²) in [7, 11) is 0. The second kappa shape index (κ2) is 6.17. The summed E-state index contributed by atoms with van der Waals surface area (Å²) in [6, 6.07) is 26.7. The molecule has 116 valence electrons. The number of pyridine rings is 1. The third kappa shape index (κ3) is 2.86. The fourth-order valence-electron chi connectivity index (χ4n) is 2.89. The SMILES string of the molecule is Cc1cc(Oc2nccc3ccccc23)cc(-c2ccccc2)c1. The lowest BCUT2D eigenvalue weighted by atomic mass is 10.0. The second-order valence-corrected chi connectivity index (χ2v) is 5.84. The van der Waals surface area contributed by atoms with Crippen molar-refractivity contribution in [1.29, 1.82) is 0 Å². The van der Waals surface area contributed by atoms with Crippen LogP contribution in [0.3, 0.4) is 0 Å². The maximum absolute atomic E-state index is 6.12. The van der Waals surface area contributed by atoms with Crippen LogP contribution >= 0.6 is 0 Å². The van der Waals surface area contributed by atoms with Crippen molar-refractivity contribution in [2.45, 2.75) is 6.92 Å². The topological polar surface area (TPSA) is 22.1 Å². The molecule has 0 aliphatic rings. The highest BCUT2D eigenvalue weighted by molar-refractivity contribution is 5.86. The predicted octanol–water partition coefficient (Wildman–Crippen LogP) is 6.00. The van der Waals surface area contributed by atoms with Gasteiger partial charge in [-0.15, -0.1) is 0 Å². The minimum absolute atomic E-state index is 0.637. The van der Waals surface area contributed by atoms with Crippen molar-refractivity contribution in [3.63, 3.8) is 0 Å². The summed E-state index contributed by atoms with van der Waals surface area (Å²) in [6.07, 6.45) is 1.78. The molecule has 0 radical (unpaired) electrons. The molecule has 0 amide bonds. The third-order valence-electron chi connectivity index (χ3n) is 4.01. The first kappa shape index (κ1) is 14.5. The van der Waals surface area contributed by atoms with Gasteiger partial charge in [-0.2, -0.15) is 0 Å². The molecule has 3 aromatic carbocycles. The average Bonchev–Trinajstić information content (AvgIpc) is 2.62. The van der Waals surface area contributed by atoms with Crippen molar-refractivity contribution in [3.8, 4) is 22.8 Å². The zero-order valence-corrected chi connectivity index (χ0v) is 13.4. The Morgan fingerprint density at radius 1 is 0.750 bits per heavy atom. The van der Waals surface area contributed by atoms with Crippen molar-refractivity contribution in [2.75, 3.05) is 0 Å². The number of hydrogen-bond acceptors (Lipinski definition) is 2. The third-order valence-corrected chi connectivity index (χ3v) is 4.01. The van der Waals surface area contributed by atoms with Crippen molar-refractivity contribution in [3.05, 3.63) is 90.6 Å². The van der Waals surface area contributed by atoms with Crippen LogP contribution in [0.5, 0.6) is 11.6 Å². The molecular weight excluding hydrogens is 294 g/mol. The van der Waals surface area contributed by atoms with Gasteiger partial charge in [-0.05, 0) is 53.3 Å². The normalized spacial score (nSPS) is 10.7. The van der Waals surface area contributed by atoms with Crippen LogP contribution in [0.15, 0.2) is 85.1 Å². The summed E-state index contributed by atoms with van der Waals surface area (Å²) < 4.78 is 6.12. The summed E-state index contributed by atoms with van der Waals surface area (Å²) in [6.45, 7) is 2.08. The number of fused-ring (bicyclic) bond motifs is 1. The van der Waals surface area contributed by atoms with Crippen LogP contribution in [-0.4, -0.2) is 4.98 Å². The number of rotatable bonds is 3. The molecule has 0 saturated heterocycles. The van der Waals surface area contributed by atoms with Gasteiger partial charge in [0.25, 0.3) is 0 Å². The Hall–Kier alpha value is -3.13. The fraction of sp³-hybridized carbons (Fsp3) is 0.0455. The van der Waals surface area contributed by atoms with Crippen LogP contribution < -0.4 is 4.74 Å². The van der Waals surface area contributed by atoms with Crippen molar-refractivity contribution >= 4 is 10.8 Å². The minimum atomic E-state index is 0.637. The van der Waals surface area contributed by atoms with Gasteiger partial charge >= 0.3 is 0 Å². The molecule has 2 nitrogen and oxygen atoms in total. The van der Waals surface area contributed by atoms with Crippen molar-refractivity contribution in [2.24, 2.45) is 0 Å². The van der Waals surface area contributed by atoms with Gasteiger partial charge in [0.2, 0.25) is 5.88 Å². The van der Waals surface area contributed by atoms with E-state index in [2.05, 4.69) is 42.2 Å².